The van der Waals surface area contributed by atoms with Gasteiger partial charge in [0, 0.05) is 47.1 Å². The second-order valence-corrected chi connectivity index (χ2v) is 9.87. The molecule has 4 rings (SSSR count). The number of hydrogen-bond acceptors (Lipinski definition) is 6. The Morgan fingerprint density at radius 1 is 1.17 bits per heavy atom. The maximum atomic E-state index is 15.1. The summed E-state index contributed by atoms with van der Waals surface area (Å²) in [6.07, 6.45) is 3.37. The van der Waals surface area contributed by atoms with Crippen LogP contribution in [0.5, 0.6) is 0 Å². The van der Waals surface area contributed by atoms with Crippen LogP contribution >= 0.6 is 22.9 Å². The number of rotatable bonds is 8. The predicted octanol–water partition coefficient (Wildman–Crippen LogP) is 6.56. The second-order valence-electron chi connectivity index (χ2n) is 8.35. The number of carbonyl (C=O) groups excluding carboxylic acids is 1. The van der Waals surface area contributed by atoms with Gasteiger partial charge in [0.1, 0.15) is 10.7 Å². The van der Waals surface area contributed by atoms with Crippen LogP contribution in [0.2, 0.25) is 5.02 Å². The molecule has 1 aromatic heterocycles. The van der Waals surface area contributed by atoms with E-state index in [2.05, 4.69) is 5.16 Å². The van der Waals surface area contributed by atoms with Crippen LogP contribution in [0.25, 0.3) is 10.4 Å². The molecular weight excluding hydrogens is 503 g/mol. The summed E-state index contributed by atoms with van der Waals surface area (Å²) in [5.41, 5.74) is 3.51. The number of allylic oxidation sites excluding steroid dienone is 2. The van der Waals surface area contributed by atoms with Crippen LogP contribution in [0, 0.1) is 5.82 Å². The molecule has 1 aliphatic heterocycles. The lowest BCUT2D eigenvalue weighted by molar-refractivity contribution is -0.112. The molecule has 2 heterocycles. The zero-order valence-corrected chi connectivity index (χ0v) is 21.0. The normalized spacial score (nSPS) is 15.4. The minimum absolute atomic E-state index is 0.143. The number of carboxylic acids is 1. The number of aromatic carboxylic acids is 1. The Kier molecular flexibility index (Phi) is 7.37. The van der Waals surface area contributed by atoms with E-state index >= 15 is 4.39 Å². The van der Waals surface area contributed by atoms with Crippen molar-refractivity contribution >= 4 is 40.4 Å². The molecule has 36 heavy (non-hydrogen) atoms. The molecule has 2 N–H and O–H groups in total. The largest absolute Gasteiger partial charge is 0.477 e. The van der Waals surface area contributed by atoms with Gasteiger partial charge in [-0.3, -0.25) is 4.79 Å². The van der Waals surface area contributed by atoms with Crippen molar-refractivity contribution in [2.24, 2.45) is 5.16 Å². The van der Waals surface area contributed by atoms with E-state index in [1.165, 1.54) is 30.4 Å². The fraction of sp³-hybridized carbons (Fsp3) is 0.148. The highest BCUT2D eigenvalue weighted by atomic mass is 35.5. The molecule has 0 unspecified atom stereocenters. The Morgan fingerprint density at radius 2 is 1.89 bits per heavy atom. The van der Waals surface area contributed by atoms with E-state index < -0.39 is 17.7 Å². The van der Waals surface area contributed by atoms with E-state index in [9.17, 15) is 19.9 Å². The summed E-state index contributed by atoms with van der Waals surface area (Å²) in [5, 5.41) is 22.8. The van der Waals surface area contributed by atoms with Gasteiger partial charge in [0.15, 0.2) is 5.78 Å². The van der Waals surface area contributed by atoms with Gasteiger partial charge in [-0.05, 0) is 47.9 Å². The monoisotopic (exact) mass is 524 g/mol. The zero-order valence-electron chi connectivity index (χ0n) is 19.4. The molecule has 0 amide bonds. The number of likely N-dealkylation sites (N-methyl/N-ethyl adjacent to an activating group) is 1. The molecule has 0 bridgehead atoms. The van der Waals surface area contributed by atoms with Crippen molar-refractivity contribution in [1.82, 2.24) is 4.90 Å². The van der Waals surface area contributed by atoms with Crippen molar-refractivity contribution in [2.75, 3.05) is 7.05 Å². The fourth-order valence-corrected chi connectivity index (χ4v) is 5.13. The first kappa shape index (κ1) is 25.3. The van der Waals surface area contributed by atoms with Gasteiger partial charge in [-0.15, -0.1) is 11.3 Å². The highest BCUT2D eigenvalue weighted by Crippen LogP contribution is 2.37. The molecule has 0 aliphatic carbocycles. The van der Waals surface area contributed by atoms with E-state index in [1.54, 1.807) is 42.4 Å². The Bertz CT molecular complexity index is 1430. The van der Waals surface area contributed by atoms with Crippen molar-refractivity contribution in [2.45, 2.75) is 19.3 Å². The van der Waals surface area contributed by atoms with Gasteiger partial charge in [-0.1, -0.05) is 47.1 Å². The summed E-state index contributed by atoms with van der Waals surface area (Å²) in [6, 6.07) is 15.1. The Morgan fingerprint density at radius 3 is 2.44 bits per heavy atom. The quantitative estimate of drug-likeness (QED) is 0.151. The van der Waals surface area contributed by atoms with Crippen LogP contribution in [0.1, 0.15) is 40.1 Å². The Hall–Kier alpha value is -3.75. The standard InChI is InChI=1S/C27H22ClFN2O4S/c1-15(32)11-24-21(14-31(24)2)23(30-35)13-20(19-8-7-18(28)12-22(19)29)16-3-5-17(6-4-16)25-9-10-26(36-25)27(33)34/h3-12,14,20,35H,13H2,1-2H3,(H,33,34)/b24-11+,30-23+/t20-/m1/s1. The van der Waals surface area contributed by atoms with Gasteiger partial charge >= 0.3 is 5.97 Å². The van der Waals surface area contributed by atoms with Gasteiger partial charge in [-0.2, -0.15) is 0 Å². The van der Waals surface area contributed by atoms with E-state index in [1.807, 2.05) is 24.3 Å². The molecule has 3 aromatic rings. The summed E-state index contributed by atoms with van der Waals surface area (Å²) in [5.74, 6) is -2.13. The molecule has 0 saturated carbocycles. The number of ketones is 1. The van der Waals surface area contributed by atoms with Crippen molar-refractivity contribution in [3.8, 4) is 10.4 Å². The first-order valence-electron chi connectivity index (χ1n) is 10.9. The summed E-state index contributed by atoms with van der Waals surface area (Å²) >= 11 is 7.15. The minimum atomic E-state index is -0.980. The van der Waals surface area contributed by atoms with E-state index in [-0.39, 0.29) is 22.1 Å². The van der Waals surface area contributed by atoms with Gasteiger partial charge in [0.2, 0.25) is 0 Å². The molecule has 0 saturated heterocycles. The van der Waals surface area contributed by atoms with E-state index in [0.717, 1.165) is 16.0 Å². The first-order valence-corrected chi connectivity index (χ1v) is 12.1. The van der Waals surface area contributed by atoms with Crippen LogP contribution < -0.4 is 0 Å². The minimum Gasteiger partial charge on any atom is -0.477 e. The average Bonchev–Trinajstić information content (AvgIpc) is 3.34. The van der Waals surface area contributed by atoms with Crippen molar-refractivity contribution < 1.29 is 24.3 Å². The van der Waals surface area contributed by atoms with Crippen LogP contribution in [0.3, 0.4) is 0 Å². The first-order chi connectivity index (χ1) is 17.2. The number of benzene rings is 2. The number of thiophene rings is 1. The zero-order chi connectivity index (χ0) is 26.0. The number of carboxylic acid groups (broad SMARTS) is 1. The molecule has 0 radical (unpaired) electrons. The van der Waals surface area contributed by atoms with E-state index in [0.29, 0.717) is 22.5 Å². The second kappa shape index (κ2) is 10.5. The SMILES string of the molecule is CC(=O)/C=C1\C(/C(C[C@H](c2ccc(-c3ccc(C(=O)O)s3)cc2)c2ccc(Cl)cc2F)=N/O)=CN1C. The van der Waals surface area contributed by atoms with Crippen molar-refractivity contribution in [3.63, 3.8) is 0 Å². The Labute approximate surface area is 216 Å². The van der Waals surface area contributed by atoms with Crippen molar-refractivity contribution in [3.05, 3.63) is 105 Å². The predicted molar refractivity (Wildman–Crippen MR) is 138 cm³/mol. The van der Waals surface area contributed by atoms with Crippen LogP contribution in [0.15, 0.2) is 83.3 Å². The summed E-state index contributed by atoms with van der Waals surface area (Å²) in [7, 11) is 1.78. The number of oxime groups is 1. The molecule has 1 aliphatic rings. The van der Waals surface area contributed by atoms with Crippen LogP contribution in [0.4, 0.5) is 4.39 Å². The highest BCUT2D eigenvalue weighted by Gasteiger charge is 2.29. The van der Waals surface area contributed by atoms with Gasteiger partial charge in [0.25, 0.3) is 0 Å². The van der Waals surface area contributed by atoms with Crippen LogP contribution in [-0.2, 0) is 4.79 Å². The molecule has 0 spiro atoms. The maximum absolute atomic E-state index is 15.1. The molecule has 2 aromatic carbocycles. The molecular formula is C27H22ClFN2O4S. The topological polar surface area (TPSA) is 90.2 Å². The smallest absolute Gasteiger partial charge is 0.345 e. The summed E-state index contributed by atoms with van der Waals surface area (Å²) in [4.78, 5) is 25.7. The van der Waals surface area contributed by atoms with Crippen LogP contribution in [-0.4, -0.2) is 39.7 Å². The molecule has 0 fully saturated rings. The maximum Gasteiger partial charge on any atom is 0.345 e. The lowest BCUT2D eigenvalue weighted by Gasteiger charge is -2.32. The Balaban J connectivity index is 1.71. The highest BCUT2D eigenvalue weighted by molar-refractivity contribution is 7.17. The third-order valence-electron chi connectivity index (χ3n) is 5.90. The summed E-state index contributed by atoms with van der Waals surface area (Å²) < 4.78 is 15.1. The number of carbonyl (C=O) groups is 2. The third kappa shape index (κ3) is 5.24. The molecule has 184 valence electrons. The number of halogens is 2. The molecule has 1 atom stereocenters. The lowest BCUT2D eigenvalue weighted by Crippen LogP contribution is -2.29. The van der Waals surface area contributed by atoms with Crippen molar-refractivity contribution in [1.29, 1.82) is 0 Å². The number of hydrogen-bond donors (Lipinski definition) is 2. The summed E-state index contributed by atoms with van der Waals surface area (Å²) in [6.45, 7) is 1.44. The molecule has 9 heteroatoms. The van der Waals surface area contributed by atoms with E-state index in [4.69, 9.17) is 11.6 Å². The third-order valence-corrected chi connectivity index (χ3v) is 7.26. The van der Waals surface area contributed by atoms with Gasteiger partial charge in [0.05, 0.1) is 11.4 Å². The average molecular weight is 525 g/mol. The van der Waals surface area contributed by atoms with Gasteiger partial charge < -0.3 is 15.2 Å². The van der Waals surface area contributed by atoms with Gasteiger partial charge in [-0.25, -0.2) is 9.18 Å². The fourth-order valence-electron chi connectivity index (χ4n) is 4.12. The molecule has 6 nitrogen and oxygen atoms in total. The number of nitrogens with zero attached hydrogens (tertiary/aromatic N) is 2. The lowest BCUT2D eigenvalue weighted by atomic mass is 9.83.